The molecule has 110 valence electrons. The van der Waals surface area contributed by atoms with Gasteiger partial charge in [-0.15, -0.1) is 0 Å². The summed E-state index contributed by atoms with van der Waals surface area (Å²) >= 11 is 0. The van der Waals surface area contributed by atoms with E-state index in [1.807, 2.05) is 6.92 Å². The van der Waals surface area contributed by atoms with Crippen molar-refractivity contribution >= 4 is 15.8 Å². The Labute approximate surface area is 118 Å². The average Bonchev–Trinajstić information content (AvgIpc) is 2.47. The van der Waals surface area contributed by atoms with Gasteiger partial charge in [0.1, 0.15) is 11.6 Å². The molecular weight excluding hydrogens is 281 g/mol. The highest BCUT2D eigenvalue weighted by Crippen LogP contribution is 2.25. The molecule has 1 aromatic rings. The van der Waals surface area contributed by atoms with Crippen LogP contribution in [0.5, 0.6) is 0 Å². The molecule has 1 aliphatic heterocycles. The second kappa shape index (κ2) is 6.01. The fraction of sp³-hybridized carbons (Fsp3) is 0.500. The standard InChI is InChI=1S/C14H18FNO3S/c1-2-14(17)11-7-9-16(10-8-11)20(18,19)13-5-3-12(15)4-6-13/h3-6,11H,2,7-10H2,1H3. The van der Waals surface area contributed by atoms with E-state index < -0.39 is 15.8 Å². The Morgan fingerprint density at radius 1 is 1.25 bits per heavy atom. The number of nitrogens with zero attached hydrogens (tertiary/aromatic N) is 1. The number of ketones is 1. The van der Waals surface area contributed by atoms with Crippen molar-refractivity contribution in [2.75, 3.05) is 13.1 Å². The van der Waals surface area contributed by atoms with Crippen LogP contribution in [0.1, 0.15) is 26.2 Å². The Morgan fingerprint density at radius 3 is 2.30 bits per heavy atom. The zero-order chi connectivity index (χ0) is 14.8. The summed E-state index contributed by atoms with van der Waals surface area (Å²) in [7, 11) is -3.58. The van der Waals surface area contributed by atoms with Gasteiger partial charge in [0.05, 0.1) is 4.90 Å². The molecule has 0 N–H and O–H groups in total. The molecule has 20 heavy (non-hydrogen) atoms. The number of carbonyl (C=O) groups is 1. The number of carbonyl (C=O) groups excluding carboxylic acids is 1. The minimum absolute atomic E-state index is 0.0281. The van der Waals surface area contributed by atoms with Gasteiger partial charge in [0, 0.05) is 25.4 Å². The fourth-order valence-electron chi connectivity index (χ4n) is 2.46. The van der Waals surface area contributed by atoms with Gasteiger partial charge in [0.2, 0.25) is 10.0 Å². The first kappa shape index (κ1) is 15.1. The van der Waals surface area contributed by atoms with Gasteiger partial charge in [0.25, 0.3) is 0 Å². The van der Waals surface area contributed by atoms with Crippen LogP contribution in [-0.4, -0.2) is 31.6 Å². The van der Waals surface area contributed by atoms with Gasteiger partial charge in [-0.3, -0.25) is 4.79 Å². The first-order valence-corrected chi connectivity index (χ1v) is 8.17. The molecule has 0 radical (unpaired) electrons. The summed E-state index contributed by atoms with van der Waals surface area (Å²) in [4.78, 5) is 11.7. The van der Waals surface area contributed by atoms with Crippen LogP contribution in [0, 0.1) is 11.7 Å². The summed E-state index contributed by atoms with van der Waals surface area (Å²) < 4.78 is 39.0. The molecule has 0 saturated carbocycles. The van der Waals surface area contributed by atoms with E-state index in [9.17, 15) is 17.6 Å². The number of hydrogen-bond acceptors (Lipinski definition) is 3. The van der Waals surface area contributed by atoms with Crippen molar-refractivity contribution in [3.05, 3.63) is 30.1 Å². The van der Waals surface area contributed by atoms with Crippen LogP contribution in [0.15, 0.2) is 29.2 Å². The second-order valence-corrected chi connectivity index (χ2v) is 6.89. The van der Waals surface area contributed by atoms with E-state index in [1.54, 1.807) is 0 Å². The molecule has 0 spiro atoms. The van der Waals surface area contributed by atoms with Crippen LogP contribution >= 0.6 is 0 Å². The Bertz CT molecular complexity index is 575. The third kappa shape index (κ3) is 3.07. The normalized spacial score (nSPS) is 18.1. The molecule has 1 aliphatic rings. The molecule has 0 unspecified atom stereocenters. The largest absolute Gasteiger partial charge is 0.299 e. The summed E-state index contributed by atoms with van der Waals surface area (Å²) in [6.07, 6.45) is 1.62. The van der Waals surface area contributed by atoms with Crippen molar-refractivity contribution < 1.29 is 17.6 Å². The quantitative estimate of drug-likeness (QED) is 0.856. The number of piperidine rings is 1. The molecule has 0 bridgehead atoms. The summed E-state index contributed by atoms with van der Waals surface area (Å²) in [5.41, 5.74) is 0. The summed E-state index contributed by atoms with van der Waals surface area (Å²) in [6.45, 7) is 2.51. The van der Waals surface area contributed by atoms with E-state index in [0.717, 1.165) is 12.1 Å². The van der Waals surface area contributed by atoms with E-state index in [0.29, 0.717) is 32.4 Å². The number of benzene rings is 1. The molecule has 0 atom stereocenters. The monoisotopic (exact) mass is 299 g/mol. The van der Waals surface area contributed by atoms with Crippen LogP contribution < -0.4 is 0 Å². The Kier molecular flexibility index (Phi) is 4.55. The zero-order valence-electron chi connectivity index (χ0n) is 11.4. The molecule has 0 aromatic heterocycles. The third-order valence-corrected chi connectivity index (χ3v) is 5.62. The molecule has 1 saturated heterocycles. The van der Waals surface area contributed by atoms with E-state index in [4.69, 9.17) is 0 Å². The van der Waals surface area contributed by atoms with Crippen molar-refractivity contribution in [3.63, 3.8) is 0 Å². The number of sulfonamides is 1. The number of hydrogen-bond donors (Lipinski definition) is 0. The summed E-state index contributed by atoms with van der Waals surface area (Å²) in [5, 5.41) is 0. The maximum absolute atomic E-state index is 12.9. The van der Waals surface area contributed by atoms with E-state index in [1.165, 1.54) is 16.4 Å². The second-order valence-electron chi connectivity index (χ2n) is 4.95. The van der Waals surface area contributed by atoms with Crippen molar-refractivity contribution in [3.8, 4) is 0 Å². The molecular formula is C14H18FNO3S. The van der Waals surface area contributed by atoms with Gasteiger partial charge in [-0.2, -0.15) is 4.31 Å². The smallest absolute Gasteiger partial charge is 0.243 e. The van der Waals surface area contributed by atoms with Gasteiger partial charge in [-0.25, -0.2) is 12.8 Å². The number of Topliss-reactive ketones (excluding diaryl/α,β-unsaturated/α-hetero) is 1. The van der Waals surface area contributed by atoms with Gasteiger partial charge < -0.3 is 0 Å². The van der Waals surface area contributed by atoms with Gasteiger partial charge >= 0.3 is 0 Å². The predicted molar refractivity (Wildman–Crippen MR) is 73.2 cm³/mol. The molecule has 0 aliphatic carbocycles. The first-order chi connectivity index (χ1) is 9.45. The van der Waals surface area contributed by atoms with Crippen LogP contribution in [0.25, 0.3) is 0 Å². The SMILES string of the molecule is CCC(=O)C1CCN(S(=O)(=O)c2ccc(F)cc2)CC1. The summed E-state index contributed by atoms with van der Waals surface area (Å²) in [5.74, 6) is -0.292. The third-order valence-electron chi connectivity index (χ3n) is 3.71. The minimum Gasteiger partial charge on any atom is -0.299 e. The van der Waals surface area contributed by atoms with Gasteiger partial charge in [-0.05, 0) is 37.1 Å². The molecule has 1 fully saturated rings. The van der Waals surface area contributed by atoms with Crippen LogP contribution in [0.3, 0.4) is 0 Å². The van der Waals surface area contributed by atoms with Crippen molar-refractivity contribution in [2.45, 2.75) is 31.1 Å². The molecule has 4 nitrogen and oxygen atoms in total. The van der Waals surface area contributed by atoms with Crippen molar-refractivity contribution in [1.82, 2.24) is 4.31 Å². The molecule has 1 aromatic carbocycles. The lowest BCUT2D eigenvalue weighted by Gasteiger charge is -2.30. The predicted octanol–water partition coefficient (Wildman–Crippen LogP) is 2.21. The fourth-order valence-corrected chi connectivity index (χ4v) is 3.93. The van der Waals surface area contributed by atoms with E-state index in [2.05, 4.69) is 0 Å². The van der Waals surface area contributed by atoms with Crippen LogP contribution in [-0.2, 0) is 14.8 Å². The highest BCUT2D eigenvalue weighted by atomic mass is 32.2. The van der Waals surface area contributed by atoms with Crippen LogP contribution in [0.2, 0.25) is 0 Å². The molecule has 2 rings (SSSR count). The van der Waals surface area contributed by atoms with Crippen LogP contribution in [0.4, 0.5) is 4.39 Å². The topological polar surface area (TPSA) is 54.5 Å². The van der Waals surface area contributed by atoms with E-state index in [-0.39, 0.29) is 16.6 Å². The molecule has 0 amide bonds. The molecule has 1 heterocycles. The Hall–Kier alpha value is -1.27. The van der Waals surface area contributed by atoms with Crippen molar-refractivity contribution in [1.29, 1.82) is 0 Å². The average molecular weight is 299 g/mol. The maximum Gasteiger partial charge on any atom is 0.243 e. The first-order valence-electron chi connectivity index (χ1n) is 6.73. The lowest BCUT2D eigenvalue weighted by Crippen LogP contribution is -2.40. The van der Waals surface area contributed by atoms with Gasteiger partial charge in [0.15, 0.2) is 0 Å². The lowest BCUT2D eigenvalue weighted by molar-refractivity contribution is -0.123. The highest BCUT2D eigenvalue weighted by molar-refractivity contribution is 7.89. The lowest BCUT2D eigenvalue weighted by atomic mass is 9.92. The zero-order valence-corrected chi connectivity index (χ0v) is 12.2. The summed E-state index contributed by atoms with van der Waals surface area (Å²) in [6, 6.07) is 4.82. The molecule has 6 heteroatoms. The minimum atomic E-state index is -3.58. The van der Waals surface area contributed by atoms with Gasteiger partial charge in [-0.1, -0.05) is 6.92 Å². The number of halogens is 1. The maximum atomic E-state index is 12.9. The Morgan fingerprint density at radius 2 is 1.80 bits per heavy atom. The highest BCUT2D eigenvalue weighted by Gasteiger charge is 2.31. The van der Waals surface area contributed by atoms with E-state index >= 15 is 0 Å². The Balaban J connectivity index is 2.09. The number of rotatable bonds is 4. The van der Waals surface area contributed by atoms with Crippen molar-refractivity contribution in [2.24, 2.45) is 5.92 Å².